The maximum absolute atomic E-state index is 5.68. The smallest absolute Gasteiger partial charge is 0.300 e. The average molecular weight is 326 g/mol. The van der Waals surface area contributed by atoms with Crippen LogP contribution in [0.5, 0.6) is 0 Å². The Hall–Kier alpha value is -2.37. The summed E-state index contributed by atoms with van der Waals surface area (Å²) in [6.45, 7) is 5.77. The lowest BCUT2D eigenvalue weighted by atomic mass is 10.2. The van der Waals surface area contributed by atoms with Gasteiger partial charge < -0.3 is 19.2 Å². The number of benzene rings is 2. The van der Waals surface area contributed by atoms with E-state index in [1.165, 1.54) is 0 Å². The van der Waals surface area contributed by atoms with Crippen LogP contribution in [0.3, 0.4) is 0 Å². The Labute approximate surface area is 141 Å². The predicted molar refractivity (Wildman–Crippen MR) is 94.5 cm³/mol. The molecular formula is C19H22N2O3. The minimum absolute atomic E-state index is 0.234. The van der Waals surface area contributed by atoms with E-state index in [0.29, 0.717) is 25.8 Å². The van der Waals surface area contributed by atoms with Gasteiger partial charge in [0, 0.05) is 5.69 Å². The maximum atomic E-state index is 5.68. The molecule has 5 nitrogen and oxygen atoms in total. The van der Waals surface area contributed by atoms with Crippen molar-refractivity contribution in [3.05, 3.63) is 54.1 Å². The summed E-state index contributed by atoms with van der Waals surface area (Å²) < 4.78 is 16.8. The van der Waals surface area contributed by atoms with Crippen LogP contribution in [-0.4, -0.2) is 24.3 Å². The molecule has 0 saturated heterocycles. The van der Waals surface area contributed by atoms with Crippen LogP contribution in [0.15, 0.2) is 52.9 Å². The Bertz CT molecular complexity index is 750. The predicted octanol–water partition coefficient (Wildman–Crippen LogP) is 4.51. The van der Waals surface area contributed by atoms with Crippen molar-refractivity contribution in [2.45, 2.75) is 26.6 Å². The first-order valence-corrected chi connectivity index (χ1v) is 8.11. The molecule has 0 spiro atoms. The molecule has 1 aromatic heterocycles. The van der Waals surface area contributed by atoms with Crippen molar-refractivity contribution in [3.63, 3.8) is 0 Å². The van der Waals surface area contributed by atoms with Gasteiger partial charge in [0.05, 0.1) is 25.9 Å². The monoisotopic (exact) mass is 326 g/mol. The molecule has 126 valence electrons. The molecule has 0 amide bonds. The Morgan fingerprint density at radius 2 is 1.96 bits per heavy atom. The number of para-hydroxylation sites is 2. The van der Waals surface area contributed by atoms with E-state index in [-0.39, 0.29) is 6.10 Å². The third-order valence-corrected chi connectivity index (χ3v) is 3.42. The van der Waals surface area contributed by atoms with Gasteiger partial charge in [-0.25, -0.2) is 0 Å². The van der Waals surface area contributed by atoms with E-state index < -0.39 is 0 Å². The SMILES string of the molecule is CC(C)OCCOCc1cccc(Nc2nc3ccccc3o2)c1. The van der Waals surface area contributed by atoms with E-state index in [0.717, 1.165) is 22.4 Å². The number of nitrogens with one attached hydrogen (secondary N) is 1. The average Bonchev–Trinajstić information content (AvgIpc) is 2.97. The molecule has 24 heavy (non-hydrogen) atoms. The highest BCUT2D eigenvalue weighted by Gasteiger charge is 2.05. The number of hydrogen-bond acceptors (Lipinski definition) is 5. The number of ether oxygens (including phenoxy) is 2. The summed E-state index contributed by atoms with van der Waals surface area (Å²) in [6, 6.07) is 16.2. The van der Waals surface area contributed by atoms with E-state index in [1.807, 2.05) is 62.4 Å². The lowest BCUT2D eigenvalue weighted by Gasteiger charge is -2.09. The van der Waals surface area contributed by atoms with Crippen LogP contribution in [0.2, 0.25) is 0 Å². The van der Waals surface area contributed by atoms with Gasteiger partial charge in [-0.1, -0.05) is 24.3 Å². The van der Waals surface area contributed by atoms with Crippen molar-refractivity contribution in [1.82, 2.24) is 4.98 Å². The third-order valence-electron chi connectivity index (χ3n) is 3.42. The van der Waals surface area contributed by atoms with E-state index in [9.17, 15) is 0 Å². The Balaban J connectivity index is 1.56. The molecule has 2 aromatic carbocycles. The van der Waals surface area contributed by atoms with E-state index in [2.05, 4.69) is 10.3 Å². The molecule has 0 fully saturated rings. The molecule has 3 aromatic rings. The van der Waals surface area contributed by atoms with E-state index in [1.54, 1.807) is 0 Å². The number of hydrogen-bond donors (Lipinski definition) is 1. The van der Waals surface area contributed by atoms with Crippen molar-refractivity contribution in [3.8, 4) is 0 Å². The largest absolute Gasteiger partial charge is 0.423 e. The Kier molecular flexibility index (Phi) is 5.46. The second kappa shape index (κ2) is 7.95. The number of rotatable bonds is 8. The van der Waals surface area contributed by atoms with Gasteiger partial charge >= 0.3 is 0 Å². The molecule has 0 bridgehead atoms. The molecular weight excluding hydrogens is 304 g/mol. The normalized spacial score (nSPS) is 11.3. The van der Waals surface area contributed by atoms with Crippen LogP contribution in [-0.2, 0) is 16.1 Å². The quantitative estimate of drug-likeness (QED) is 0.617. The summed E-state index contributed by atoms with van der Waals surface area (Å²) in [7, 11) is 0. The zero-order valence-electron chi connectivity index (χ0n) is 14.0. The molecule has 0 aliphatic heterocycles. The molecule has 0 radical (unpaired) electrons. The van der Waals surface area contributed by atoms with Crippen molar-refractivity contribution in [2.24, 2.45) is 0 Å². The molecule has 0 unspecified atom stereocenters. The molecule has 5 heteroatoms. The molecule has 3 rings (SSSR count). The fourth-order valence-corrected chi connectivity index (χ4v) is 2.32. The van der Waals surface area contributed by atoms with Crippen LogP contribution in [0.4, 0.5) is 11.7 Å². The van der Waals surface area contributed by atoms with Gasteiger partial charge in [0.2, 0.25) is 0 Å². The second-order valence-corrected chi connectivity index (χ2v) is 5.78. The van der Waals surface area contributed by atoms with Crippen LogP contribution in [0.1, 0.15) is 19.4 Å². The number of nitrogens with zero attached hydrogens (tertiary/aromatic N) is 1. The summed E-state index contributed by atoms with van der Waals surface area (Å²) in [5.74, 6) is 0. The van der Waals surface area contributed by atoms with Crippen molar-refractivity contribution in [2.75, 3.05) is 18.5 Å². The van der Waals surface area contributed by atoms with Gasteiger partial charge in [0.15, 0.2) is 5.58 Å². The van der Waals surface area contributed by atoms with Gasteiger partial charge in [-0.2, -0.15) is 4.98 Å². The van der Waals surface area contributed by atoms with Crippen LogP contribution in [0.25, 0.3) is 11.1 Å². The number of anilines is 2. The molecule has 1 N–H and O–H groups in total. The maximum Gasteiger partial charge on any atom is 0.300 e. The van der Waals surface area contributed by atoms with Gasteiger partial charge in [-0.05, 0) is 43.7 Å². The number of fused-ring (bicyclic) bond motifs is 1. The second-order valence-electron chi connectivity index (χ2n) is 5.78. The van der Waals surface area contributed by atoms with Crippen molar-refractivity contribution >= 4 is 22.8 Å². The summed E-state index contributed by atoms with van der Waals surface area (Å²) in [4.78, 5) is 4.42. The molecule has 0 aliphatic rings. The summed E-state index contributed by atoms with van der Waals surface area (Å²) in [6.07, 6.45) is 0.234. The fourth-order valence-electron chi connectivity index (χ4n) is 2.32. The van der Waals surface area contributed by atoms with Crippen LogP contribution < -0.4 is 5.32 Å². The van der Waals surface area contributed by atoms with Crippen molar-refractivity contribution in [1.29, 1.82) is 0 Å². The highest BCUT2D eigenvalue weighted by molar-refractivity contribution is 5.75. The number of oxazole rings is 1. The van der Waals surface area contributed by atoms with E-state index >= 15 is 0 Å². The Morgan fingerprint density at radius 1 is 1.08 bits per heavy atom. The summed E-state index contributed by atoms with van der Waals surface area (Å²) in [5.41, 5.74) is 3.61. The van der Waals surface area contributed by atoms with Crippen LogP contribution >= 0.6 is 0 Å². The number of aromatic nitrogens is 1. The summed E-state index contributed by atoms with van der Waals surface area (Å²) in [5, 5.41) is 3.19. The van der Waals surface area contributed by atoms with Gasteiger partial charge in [0.25, 0.3) is 6.01 Å². The summed E-state index contributed by atoms with van der Waals surface area (Å²) >= 11 is 0. The minimum atomic E-state index is 0.234. The molecule has 0 saturated carbocycles. The van der Waals surface area contributed by atoms with E-state index in [4.69, 9.17) is 13.9 Å². The topological polar surface area (TPSA) is 56.5 Å². The first-order valence-electron chi connectivity index (χ1n) is 8.11. The first kappa shape index (κ1) is 16.5. The van der Waals surface area contributed by atoms with Gasteiger partial charge in [0.1, 0.15) is 5.52 Å². The molecule has 1 heterocycles. The lowest BCUT2D eigenvalue weighted by molar-refractivity contribution is 0.0143. The molecule has 0 aliphatic carbocycles. The minimum Gasteiger partial charge on any atom is -0.423 e. The zero-order chi connectivity index (χ0) is 16.8. The third kappa shape index (κ3) is 4.57. The van der Waals surface area contributed by atoms with Gasteiger partial charge in [-0.15, -0.1) is 0 Å². The highest BCUT2D eigenvalue weighted by atomic mass is 16.5. The Morgan fingerprint density at radius 3 is 2.79 bits per heavy atom. The highest BCUT2D eigenvalue weighted by Crippen LogP contribution is 2.22. The first-order chi connectivity index (χ1) is 11.7. The zero-order valence-corrected chi connectivity index (χ0v) is 14.0. The lowest BCUT2D eigenvalue weighted by Crippen LogP contribution is -2.09. The van der Waals surface area contributed by atoms with Crippen LogP contribution in [0, 0.1) is 0 Å². The molecule has 0 atom stereocenters. The van der Waals surface area contributed by atoms with Gasteiger partial charge in [-0.3, -0.25) is 0 Å². The fraction of sp³-hybridized carbons (Fsp3) is 0.316. The van der Waals surface area contributed by atoms with Crippen molar-refractivity contribution < 1.29 is 13.9 Å². The standard InChI is InChI=1S/C19H22N2O3/c1-14(2)23-11-10-22-13-15-6-5-7-16(12-15)20-19-21-17-8-3-4-9-18(17)24-19/h3-9,12,14H,10-11,13H2,1-2H3,(H,20,21).